The highest BCUT2D eigenvalue weighted by molar-refractivity contribution is 8.00. The Hall–Kier alpha value is -2.75. The monoisotopic (exact) mass is 480 g/mol. The molecule has 1 aromatic carbocycles. The number of thiophene rings is 1. The van der Waals surface area contributed by atoms with Crippen molar-refractivity contribution >= 4 is 55.1 Å². The summed E-state index contributed by atoms with van der Waals surface area (Å²) in [5, 5.41) is 4.41. The number of thioether (sulfide) groups is 1. The van der Waals surface area contributed by atoms with Crippen LogP contribution in [0.2, 0.25) is 0 Å². The standard InChI is InChI=1S/C24H24N4O3S2/c1-13(21(29)27-15-5-7-16(30-4)8-6-15)32-23-20-19(25-12-26-23)17-9-14-11-31-24(2,3)10-18(14)28-22(17)33-20/h5-9,12-13H,10-11H2,1-4H3,(H,27,29)/t13-/m1/s1. The van der Waals surface area contributed by atoms with E-state index in [1.54, 1.807) is 24.8 Å². The van der Waals surface area contributed by atoms with Crippen LogP contribution in [0.15, 0.2) is 41.7 Å². The second-order valence-corrected chi connectivity index (χ2v) is 10.9. The lowest BCUT2D eigenvalue weighted by atomic mass is 9.95. The number of amides is 1. The first-order valence-electron chi connectivity index (χ1n) is 10.6. The summed E-state index contributed by atoms with van der Waals surface area (Å²) in [7, 11) is 1.61. The van der Waals surface area contributed by atoms with E-state index >= 15 is 0 Å². The number of carbonyl (C=O) groups excluding carboxylic acids is 1. The highest BCUT2D eigenvalue weighted by Crippen LogP contribution is 2.39. The molecule has 5 rings (SSSR count). The van der Waals surface area contributed by atoms with E-state index in [-0.39, 0.29) is 16.8 Å². The van der Waals surface area contributed by atoms with E-state index < -0.39 is 0 Å². The number of carbonyl (C=O) groups is 1. The summed E-state index contributed by atoms with van der Waals surface area (Å²) < 4.78 is 12.1. The van der Waals surface area contributed by atoms with Gasteiger partial charge >= 0.3 is 0 Å². The topological polar surface area (TPSA) is 86.2 Å². The molecule has 0 saturated heterocycles. The molecule has 170 valence electrons. The van der Waals surface area contributed by atoms with Gasteiger partial charge in [0.25, 0.3) is 0 Å². The van der Waals surface area contributed by atoms with Crippen molar-refractivity contribution in [2.24, 2.45) is 0 Å². The van der Waals surface area contributed by atoms with Crippen LogP contribution in [0.5, 0.6) is 5.75 Å². The first kappa shape index (κ1) is 22.1. The van der Waals surface area contributed by atoms with Gasteiger partial charge in [-0.05, 0) is 51.1 Å². The Labute approximate surface area is 199 Å². The number of fused-ring (bicyclic) bond motifs is 4. The van der Waals surface area contributed by atoms with Gasteiger partial charge in [0.2, 0.25) is 5.91 Å². The molecule has 1 aliphatic heterocycles. The van der Waals surface area contributed by atoms with Crippen LogP contribution in [0.25, 0.3) is 20.4 Å². The summed E-state index contributed by atoms with van der Waals surface area (Å²) in [6.45, 7) is 6.61. The quantitative estimate of drug-likeness (QED) is 0.310. The van der Waals surface area contributed by atoms with E-state index in [4.69, 9.17) is 14.5 Å². The maximum atomic E-state index is 12.8. The van der Waals surface area contributed by atoms with Crippen molar-refractivity contribution in [3.8, 4) is 5.75 Å². The first-order chi connectivity index (χ1) is 15.8. The van der Waals surface area contributed by atoms with Crippen molar-refractivity contribution in [1.29, 1.82) is 0 Å². The maximum absolute atomic E-state index is 12.8. The Morgan fingerprint density at radius 1 is 1.27 bits per heavy atom. The van der Waals surface area contributed by atoms with Crippen LogP contribution < -0.4 is 10.1 Å². The number of pyridine rings is 1. The second-order valence-electron chi connectivity index (χ2n) is 8.61. The van der Waals surface area contributed by atoms with Crippen molar-refractivity contribution in [2.45, 2.75) is 49.7 Å². The fourth-order valence-electron chi connectivity index (χ4n) is 3.79. The molecule has 0 fully saturated rings. The number of hydrogen-bond donors (Lipinski definition) is 1. The third-order valence-corrected chi connectivity index (χ3v) is 7.93. The lowest BCUT2D eigenvalue weighted by Crippen LogP contribution is -2.32. The molecule has 33 heavy (non-hydrogen) atoms. The molecule has 0 saturated carbocycles. The minimum absolute atomic E-state index is 0.0917. The molecular weight excluding hydrogens is 456 g/mol. The zero-order valence-electron chi connectivity index (χ0n) is 18.8. The lowest BCUT2D eigenvalue weighted by Gasteiger charge is -2.30. The fraction of sp³-hybridized carbons (Fsp3) is 0.333. The molecule has 4 heterocycles. The Balaban J connectivity index is 1.41. The smallest absolute Gasteiger partial charge is 0.237 e. The average molecular weight is 481 g/mol. The van der Waals surface area contributed by atoms with Crippen LogP contribution >= 0.6 is 23.1 Å². The summed E-state index contributed by atoms with van der Waals surface area (Å²) in [5.41, 5.74) is 3.58. The van der Waals surface area contributed by atoms with E-state index in [1.165, 1.54) is 11.8 Å². The van der Waals surface area contributed by atoms with Crippen LogP contribution in [0.1, 0.15) is 32.0 Å². The molecule has 1 N–H and O–H groups in total. The van der Waals surface area contributed by atoms with Crippen molar-refractivity contribution in [1.82, 2.24) is 15.0 Å². The van der Waals surface area contributed by atoms with E-state index in [2.05, 4.69) is 35.2 Å². The number of rotatable bonds is 5. The Morgan fingerprint density at radius 2 is 2.06 bits per heavy atom. The predicted octanol–water partition coefficient (Wildman–Crippen LogP) is 5.22. The lowest BCUT2D eigenvalue weighted by molar-refractivity contribution is -0.115. The molecule has 7 nitrogen and oxygen atoms in total. The van der Waals surface area contributed by atoms with Crippen molar-refractivity contribution in [3.05, 3.63) is 47.9 Å². The minimum atomic E-state index is -0.342. The molecule has 1 atom stereocenters. The fourth-order valence-corrected chi connectivity index (χ4v) is 5.88. The third kappa shape index (κ3) is 4.40. The van der Waals surface area contributed by atoms with Crippen LogP contribution in [-0.2, 0) is 22.6 Å². The van der Waals surface area contributed by atoms with Gasteiger partial charge in [-0.25, -0.2) is 15.0 Å². The Bertz CT molecular complexity index is 1350. The largest absolute Gasteiger partial charge is 0.497 e. The van der Waals surface area contributed by atoms with Gasteiger partial charge in [-0.15, -0.1) is 11.3 Å². The molecule has 1 aliphatic rings. The summed E-state index contributed by atoms with van der Waals surface area (Å²) in [4.78, 5) is 27.7. The summed E-state index contributed by atoms with van der Waals surface area (Å²) in [6, 6.07) is 9.42. The summed E-state index contributed by atoms with van der Waals surface area (Å²) >= 11 is 3.01. The Morgan fingerprint density at radius 3 is 2.82 bits per heavy atom. The second kappa shape index (κ2) is 8.55. The number of benzene rings is 1. The van der Waals surface area contributed by atoms with Crippen LogP contribution in [0.4, 0.5) is 5.69 Å². The van der Waals surface area contributed by atoms with Gasteiger partial charge < -0.3 is 14.8 Å². The average Bonchev–Trinajstić information content (AvgIpc) is 3.16. The van der Waals surface area contributed by atoms with Gasteiger partial charge in [0.1, 0.15) is 21.9 Å². The molecule has 0 radical (unpaired) electrons. The van der Waals surface area contributed by atoms with Crippen molar-refractivity contribution < 1.29 is 14.3 Å². The highest BCUT2D eigenvalue weighted by atomic mass is 32.2. The molecular formula is C24H24N4O3S2. The van der Waals surface area contributed by atoms with Gasteiger partial charge in [0, 0.05) is 23.1 Å². The molecule has 0 unspecified atom stereocenters. The highest BCUT2D eigenvalue weighted by Gasteiger charge is 2.28. The Kier molecular flexibility index (Phi) is 5.72. The minimum Gasteiger partial charge on any atom is -0.497 e. The van der Waals surface area contributed by atoms with E-state index in [1.807, 2.05) is 31.2 Å². The van der Waals surface area contributed by atoms with Gasteiger partial charge in [-0.3, -0.25) is 4.79 Å². The van der Waals surface area contributed by atoms with Crippen molar-refractivity contribution in [3.63, 3.8) is 0 Å². The third-order valence-electron chi connectivity index (χ3n) is 5.61. The predicted molar refractivity (Wildman–Crippen MR) is 132 cm³/mol. The number of methoxy groups -OCH3 is 1. The van der Waals surface area contributed by atoms with Crippen molar-refractivity contribution in [2.75, 3.05) is 12.4 Å². The molecule has 1 amide bonds. The normalized spacial score (nSPS) is 15.9. The number of nitrogens with zero attached hydrogens (tertiary/aromatic N) is 3. The van der Waals surface area contributed by atoms with Crippen LogP contribution in [0, 0.1) is 0 Å². The number of aromatic nitrogens is 3. The number of anilines is 1. The first-order valence-corrected chi connectivity index (χ1v) is 12.3. The number of ether oxygens (including phenoxy) is 2. The molecule has 0 aliphatic carbocycles. The summed E-state index contributed by atoms with van der Waals surface area (Å²) in [6.07, 6.45) is 2.34. The summed E-state index contributed by atoms with van der Waals surface area (Å²) in [5.74, 6) is 0.653. The van der Waals surface area contributed by atoms with Crippen LogP contribution in [0.3, 0.4) is 0 Å². The SMILES string of the molecule is COc1ccc(NC(=O)[C@@H](C)Sc2ncnc3c2sc2nc4c(cc23)COC(C)(C)C4)cc1. The van der Waals surface area contributed by atoms with E-state index in [0.717, 1.165) is 54.6 Å². The van der Waals surface area contributed by atoms with Gasteiger partial charge in [-0.1, -0.05) is 11.8 Å². The zero-order valence-corrected chi connectivity index (χ0v) is 20.5. The molecule has 3 aromatic heterocycles. The van der Waals surface area contributed by atoms with Gasteiger partial charge in [-0.2, -0.15) is 0 Å². The molecule has 0 bridgehead atoms. The molecule has 9 heteroatoms. The number of nitrogens with one attached hydrogen (secondary N) is 1. The maximum Gasteiger partial charge on any atom is 0.237 e. The molecule has 4 aromatic rings. The number of hydrogen-bond acceptors (Lipinski definition) is 8. The molecule has 0 spiro atoms. The van der Waals surface area contributed by atoms with E-state index in [0.29, 0.717) is 6.61 Å². The van der Waals surface area contributed by atoms with E-state index in [9.17, 15) is 4.79 Å². The zero-order chi connectivity index (χ0) is 23.2. The van der Waals surface area contributed by atoms with Crippen LogP contribution in [-0.4, -0.2) is 38.8 Å². The van der Waals surface area contributed by atoms with Gasteiger partial charge in [0.05, 0.1) is 40.5 Å². The van der Waals surface area contributed by atoms with Gasteiger partial charge in [0.15, 0.2) is 0 Å².